The third-order valence-electron chi connectivity index (χ3n) is 8.75. The molecule has 1 spiro atoms. The molecule has 6 rings (SSSR count). The minimum atomic E-state index is -0.842. The van der Waals surface area contributed by atoms with Gasteiger partial charge in [0, 0.05) is 23.1 Å². The number of carbonyl (C=O) groups is 2. The number of carboxylic acids is 1. The molecule has 0 aromatic heterocycles. The lowest BCUT2D eigenvalue weighted by atomic mass is 9.79. The van der Waals surface area contributed by atoms with E-state index in [0.717, 1.165) is 40.7 Å². The molecule has 200 valence electrons. The van der Waals surface area contributed by atoms with Crippen LogP contribution in [-0.4, -0.2) is 23.5 Å². The van der Waals surface area contributed by atoms with Gasteiger partial charge in [-0.2, -0.15) is 0 Å². The summed E-state index contributed by atoms with van der Waals surface area (Å²) >= 11 is 0. The average molecular weight is 526 g/mol. The summed E-state index contributed by atoms with van der Waals surface area (Å²) in [5.41, 5.74) is 6.33. The highest BCUT2D eigenvalue weighted by atomic mass is 19.1. The van der Waals surface area contributed by atoms with E-state index in [2.05, 4.69) is 31.3 Å². The summed E-state index contributed by atoms with van der Waals surface area (Å²) in [7, 11) is 0. The summed E-state index contributed by atoms with van der Waals surface area (Å²) in [6.45, 7) is 7.04. The molecule has 2 atom stereocenters. The third kappa shape index (κ3) is 4.32. The van der Waals surface area contributed by atoms with E-state index in [0.29, 0.717) is 29.8 Å². The van der Waals surface area contributed by atoms with Gasteiger partial charge in [-0.3, -0.25) is 9.59 Å². The monoisotopic (exact) mass is 525 g/mol. The maximum Gasteiger partial charge on any atom is 0.307 e. The van der Waals surface area contributed by atoms with Crippen molar-refractivity contribution < 1.29 is 23.8 Å². The molecule has 0 bridgehead atoms. The molecular formula is C33H32FNO4. The Balaban J connectivity index is 1.33. The molecule has 1 aliphatic heterocycles. The summed E-state index contributed by atoms with van der Waals surface area (Å²) in [5.74, 6) is -1.18. The van der Waals surface area contributed by atoms with E-state index in [4.69, 9.17) is 4.74 Å². The van der Waals surface area contributed by atoms with Crippen molar-refractivity contribution in [1.82, 2.24) is 5.32 Å². The SMILES string of the molecule is Cc1ccc(F)c(-c2ccc(COc3ccc4c(c3)[C@]3(CNC4=O)C[C@@H]3C(=O)O)cc2C2=CCCC2(C)C)c1. The number of amides is 1. The smallest absolute Gasteiger partial charge is 0.307 e. The van der Waals surface area contributed by atoms with Crippen LogP contribution in [0, 0.1) is 24.1 Å². The summed E-state index contributed by atoms with van der Waals surface area (Å²) in [4.78, 5) is 24.2. The predicted molar refractivity (Wildman–Crippen MR) is 148 cm³/mol. The van der Waals surface area contributed by atoms with E-state index in [1.165, 1.54) is 11.6 Å². The van der Waals surface area contributed by atoms with Crippen LogP contribution in [0.3, 0.4) is 0 Å². The number of ether oxygens (including phenoxy) is 1. The fraction of sp³-hybridized carbons (Fsp3) is 0.333. The van der Waals surface area contributed by atoms with E-state index < -0.39 is 17.3 Å². The molecule has 0 saturated heterocycles. The van der Waals surface area contributed by atoms with Gasteiger partial charge >= 0.3 is 5.97 Å². The highest BCUT2D eigenvalue weighted by Crippen LogP contribution is 2.56. The summed E-state index contributed by atoms with van der Waals surface area (Å²) in [6, 6.07) is 16.6. The van der Waals surface area contributed by atoms with E-state index in [1.54, 1.807) is 18.2 Å². The minimum Gasteiger partial charge on any atom is -0.489 e. The number of hydrogen-bond acceptors (Lipinski definition) is 3. The van der Waals surface area contributed by atoms with Gasteiger partial charge in [0.15, 0.2) is 0 Å². The fourth-order valence-electron chi connectivity index (χ4n) is 6.39. The first-order valence-corrected chi connectivity index (χ1v) is 13.5. The zero-order valence-electron chi connectivity index (χ0n) is 22.4. The van der Waals surface area contributed by atoms with Crippen LogP contribution in [-0.2, 0) is 16.8 Å². The van der Waals surface area contributed by atoms with Crippen molar-refractivity contribution in [2.45, 2.75) is 52.1 Å². The number of fused-ring (bicyclic) bond motifs is 2. The number of rotatable bonds is 6. The van der Waals surface area contributed by atoms with Gasteiger partial charge in [0.25, 0.3) is 5.91 Å². The second-order valence-corrected chi connectivity index (χ2v) is 11.8. The molecule has 0 radical (unpaired) electrons. The lowest BCUT2D eigenvalue weighted by Gasteiger charge is -2.27. The van der Waals surface area contributed by atoms with Gasteiger partial charge in [-0.25, -0.2) is 4.39 Å². The summed E-state index contributed by atoms with van der Waals surface area (Å²) < 4.78 is 21.2. The first-order valence-electron chi connectivity index (χ1n) is 13.5. The van der Waals surface area contributed by atoms with E-state index >= 15 is 0 Å². The fourth-order valence-corrected chi connectivity index (χ4v) is 6.39. The van der Waals surface area contributed by atoms with Crippen molar-refractivity contribution in [3.8, 4) is 16.9 Å². The Hall–Kier alpha value is -3.93. The molecule has 5 nitrogen and oxygen atoms in total. The molecule has 1 saturated carbocycles. The minimum absolute atomic E-state index is 0.0210. The normalized spacial score (nSPS) is 22.7. The highest BCUT2D eigenvalue weighted by Gasteiger charge is 2.62. The van der Waals surface area contributed by atoms with Gasteiger partial charge in [0.1, 0.15) is 18.2 Å². The molecule has 6 heteroatoms. The van der Waals surface area contributed by atoms with Crippen molar-refractivity contribution in [3.63, 3.8) is 0 Å². The lowest BCUT2D eigenvalue weighted by Crippen LogP contribution is -2.41. The molecule has 1 heterocycles. The second kappa shape index (κ2) is 9.08. The molecular weight excluding hydrogens is 493 g/mol. The number of hydrogen-bond donors (Lipinski definition) is 2. The van der Waals surface area contributed by atoms with Crippen molar-refractivity contribution in [2.75, 3.05) is 6.54 Å². The summed E-state index contributed by atoms with van der Waals surface area (Å²) in [5, 5.41) is 12.4. The molecule has 0 unspecified atom stereocenters. The quantitative estimate of drug-likeness (QED) is 0.377. The van der Waals surface area contributed by atoms with Crippen molar-refractivity contribution in [3.05, 3.63) is 94.3 Å². The predicted octanol–water partition coefficient (Wildman–Crippen LogP) is 6.67. The number of aliphatic carboxylic acids is 1. The number of carboxylic acid groups (broad SMARTS) is 1. The van der Waals surface area contributed by atoms with Crippen LogP contribution in [0.5, 0.6) is 5.75 Å². The van der Waals surface area contributed by atoms with Gasteiger partial charge in [-0.15, -0.1) is 0 Å². The number of aryl methyl sites for hydroxylation is 1. The first-order chi connectivity index (χ1) is 18.6. The molecule has 2 aliphatic carbocycles. The van der Waals surface area contributed by atoms with Crippen LogP contribution in [0.1, 0.15) is 65.7 Å². The maximum absolute atomic E-state index is 15.0. The van der Waals surface area contributed by atoms with Crippen molar-refractivity contribution in [1.29, 1.82) is 0 Å². The van der Waals surface area contributed by atoms with Crippen LogP contribution < -0.4 is 10.1 Å². The Labute approximate surface area is 227 Å². The van der Waals surface area contributed by atoms with Crippen LogP contribution in [0.15, 0.2) is 60.7 Å². The molecule has 2 N–H and O–H groups in total. The number of allylic oxidation sites excluding steroid dienone is 2. The molecule has 3 aromatic rings. The lowest BCUT2D eigenvalue weighted by molar-refractivity contribution is -0.139. The van der Waals surface area contributed by atoms with Crippen LogP contribution >= 0.6 is 0 Å². The topological polar surface area (TPSA) is 75.6 Å². The zero-order chi connectivity index (χ0) is 27.5. The Bertz CT molecular complexity index is 1560. The van der Waals surface area contributed by atoms with Gasteiger partial charge in [0.2, 0.25) is 0 Å². The molecule has 39 heavy (non-hydrogen) atoms. The third-order valence-corrected chi connectivity index (χ3v) is 8.75. The number of benzene rings is 3. The Morgan fingerprint density at radius 2 is 1.85 bits per heavy atom. The molecule has 1 amide bonds. The van der Waals surface area contributed by atoms with Gasteiger partial charge in [-0.1, -0.05) is 43.7 Å². The van der Waals surface area contributed by atoms with Gasteiger partial charge in [-0.05, 0) is 95.8 Å². The Kier molecular flexibility index (Phi) is 5.90. The van der Waals surface area contributed by atoms with E-state index in [1.807, 2.05) is 31.2 Å². The largest absolute Gasteiger partial charge is 0.489 e. The maximum atomic E-state index is 15.0. The molecule has 3 aliphatic rings. The second-order valence-electron chi connectivity index (χ2n) is 11.8. The van der Waals surface area contributed by atoms with Crippen LogP contribution in [0.4, 0.5) is 4.39 Å². The van der Waals surface area contributed by atoms with E-state index in [9.17, 15) is 19.1 Å². The Morgan fingerprint density at radius 3 is 2.56 bits per heavy atom. The molecule has 3 aromatic carbocycles. The van der Waals surface area contributed by atoms with E-state index in [-0.39, 0.29) is 23.7 Å². The van der Waals surface area contributed by atoms with Crippen molar-refractivity contribution in [2.24, 2.45) is 11.3 Å². The average Bonchev–Trinajstić information content (AvgIpc) is 3.54. The van der Waals surface area contributed by atoms with Crippen molar-refractivity contribution >= 4 is 17.4 Å². The van der Waals surface area contributed by atoms with Crippen LogP contribution in [0.2, 0.25) is 0 Å². The first kappa shape index (κ1) is 25.4. The highest BCUT2D eigenvalue weighted by molar-refractivity contribution is 5.99. The van der Waals surface area contributed by atoms with Gasteiger partial charge in [0.05, 0.1) is 5.92 Å². The standard InChI is InChI=1S/C33H32FNO4/c1-19-6-11-29(34)25(13-19)22-9-7-20(14-24(22)26-5-4-12-32(26,2)3)17-39-21-8-10-23-27(15-21)33(18-35-30(23)36)16-28(33)31(37)38/h5-11,13-15,28H,4,12,16-18H2,1-3H3,(H,35,36)(H,37,38)/t28-,33-/m1/s1. The number of halogens is 1. The van der Waals surface area contributed by atoms with Gasteiger partial charge < -0.3 is 15.2 Å². The Morgan fingerprint density at radius 1 is 1.05 bits per heavy atom. The summed E-state index contributed by atoms with van der Waals surface area (Å²) in [6.07, 6.45) is 4.80. The zero-order valence-corrected chi connectivity index (χ0v) is 22.4. The number of nitrogens with one attached hydrogen (secondary N) is 1. The van der Waals surface area contributed by atoms with Crippen LogP contribution in [0.25, 0.3) is 16.7 Å². The number of carbonyl (C=O) groups excluding carboxylic acids is 1. The molecule has 1 fully saturated rings.